The first kappa shape index (κ1) is 12.5. The van der Waals surface area contributed by atoms with Gasteiger partial charge in [0.05, 0.1) is 18.2 Å². The molecular formula is C15H19NO3. The fraction of sp³-hybridized carbons (Fsp3) is 0.533. The lowest BCUT2D eigenvalue weighted by Gasteiger charge is -2.30. The van der Waals surface area contributed by atoms with E-state index in [1.54, 1.807) is 11.0 Å². The first-order valence-corrected chi connectivity index (χ1v) is 6.98. The number of aromatic hydroxyl groups is 1. The highest BCUT2D eigenvalue weighted by molar-refractivity contribution is 5.96. The third-order valence-corrected chi connectivity index (χ3v) is 3.92. The minimum Gasteiger partial charge on any atom is -0.506 e. The molecule has 1 amide bonds. The van der Waals surface area contributed by atoms with Gasteiger partial charge >= 0.3 is 0 Å². The second-order valence-electron chi connectivity index (χ2n) is 5.27. The van der Waals surface area contributed by atoms with Crippen molar-refractivity contribution in [2.24, 2.45) is 0 Å². The number of benzene rings is 1. The number of hydrogen-bond donors (Lipinski definition) is 1. The summed E-state index contributed by atoms with van der Waals surface area (Å²) in [4.78, 5) is 14.1. The van der Waals surface area contributed by atoms with Gasteiger partial charge in [0.15, 0.2) is 0 Å². The van der Waals surface area contributed by atoms with Crippen molar-refractivity contribution in [1.29, 1.82) is 0 Å². The largest absolute Gasteiger partial charge is 0.506 e. The van der Waals surface area contributed by atoms with E-state index < -0.39 is 0 Å². The van der Waals surface area contributed by atoms with E-state index in [0.717, 1.165) is 37.9 Å². The van der Waals surface area contributed by atoms with Gasteiger partial charge in [-0.3, -0.25) is 4.79 Å². The Hall–Kier alpha value is -1.55. The quantitative estimate of drug-likeness (QED) is 0.888. The zero-order chi connectivity index (χ0) is 13.2. The molecule has 0 radical (unpaired) electrons. The smallest absolute Gasteiger partial charge is 0.229 e. The number of carbonyl (C=O) groups excluding carboxylic acids is 1. The van der Waals surface area contributed by atoms with Crippen LogP contribution in [0.25, 0.3) is 0 Å². The number of phenolic OH excluding ortho intramolecular Hbond substituents is 1. The van der Waals surface area contributed by atoms with Gasteiger partial charge in [-0.1, -0.05) is 12.1 Å². The second kappa shape index (κ2) is 5.21. The molecule has 1 fully saturated rings. The standard InChI is InChI=1S/C15H19NO3/c17-13-7-1-4-11-5-2-8-16(15(11)13)14(18)10-12-6-3-9-19-12/h1,4,7,12,17H,2-3,5-6,8-10H2. The molecule has 4 nitrogen and oxygen atoms in total. The number of hydrogen-bond acceptors (Lipinski definition) is 3. The van der Waals surface area contributed by atoms with Crippen LogP contribution in [0.1, 0.15) is 31.2 Å². The number of rotatable bonds is 2. The summed E-state index contributed by atoms with van der Waals surface area (Å²) in [7, 11) is 0. The summed E-state index contributed by atoms with van der Waals surface area (Å²) >= 11 is 0. The van der Waals surface area contributed by atoms with E-state index in [2.05, 4.69) is 0 Å². The molecular weight excluding hydrogens is 242 g/mol. The minimum atomic E-state index is 0.0590. The van der Waals surface area contributed by atoms with E-state index >= 15 is 0 Å². The van der Waals surface area contributed by atoms with Crippen LogP contribution in [0.2, 0.25) is 0 Å². The van der Waals surface area contributed by atoms with E-state index in [0.29, 0.717) is 18.7 Å². The molecule has 2 aliphatic rings. The van der Waals surface area contributed by atoms with Gasteiger partial charge in [-0.05, 0) is 37.3 Å². The van der Waals surface area contributed by atoms with Crippen molar-refractivity contribution in [2.45, 2.75) is 38.2 Å². The Morgan fingerprint density at radius 1 is 1.42 bits per heavy atom. The van der Waals surface area contributed by atoms with Crippen LogP contribution in [0.15, 0.2) is 18.2 Å². The number of carbonyl (C=O) groups is 1. The average molecular weight is 261 g/mol. The summed E-state index contributed by atoms with van der Waals surface area (Å²) in [6, 6.07) is 5.47. The number of phenols is 1. The number of para-hydroxylation sites is 1. The highest BCUT2D eigenvalue weighted by Crippen LogP contribution is 2.36. The first-order valence-electron chi connectivity index (χ1n) is 6.98. The van der Waals surface area contributed by atoms with Gasteiger partial charge in [0.2, 0.25) is 5.91 Å². The molecule has 4 heteroatoms. The van der Waals surface area contributed by atoms with Gasteiger partial charge in [-0.2, -0.15) is 0 Å². The fourth-order valence-corrected chi connectivity index (χ4v) is 2.99. The van der Waals surface area contributed by atoms with Gasteiger partial charge in [0.25, 0.3) is 0 Å². The molecule has 1 N–H and O–H groups in total. The average Bonchev–Trinajstić information content (AvgIpc) is 2.91. The molecule has 1 atom stereocenters. The highest BCUT2D eigenvalue weighted by Gasteiger charge is 2.28. The van der Waals surface area contributed by atoms with Gasteiger partial charge < -0.3 is 14.7 Å². The summed E-state index contributed by atoms with van der Waals surface area (Å²) in [5, 5.41) is 10.0. The molecule has 0 aromatic heterocycles. The molecule has 3 rings (SSSR count). The van der Waals surface area contributed by atoms with Crippen LogP contribution >= 0.6 is 0 Å². The molecule has 0 aliphatic carbocycles. The van der Waals surface area contributed by atoms with Crippen molar-refractivity contribution in [3.8, 4) is 5.75 Å². The van der Waals surface area contributed by atoms with Crippen LogP contribution in [-0.2, 0) is 16.0 Å². The lowest BCUT2D eigenvalue weighted by molar-refractivity contribution is -0.120. The molecule has 102 valence electrons. The number of aryl methyl sites for hydroxylation is 1. The van der Waals surface area contributed by atoms with E-state index in [4.69, 9.17) is 4.74 Å². The van der Waals surface area contributed by atoms with E-state index in [-0.39, 0.29) is 17.8 Å². The summed E-state index contributed by atoms with van der Waals surface area (Å²) in [6.07, 6.45) is 4.37. The van der Waals surface area contributed by atoms with Crippen LogP contribution in [0.4, 0.5) is 5.69 Å². The third-order valence-electron chi connectivity index (χ3n) is 3.92. The maximum absolute atomic E-state index is 12.4. The SMILES string of the molecule is O=C(CC1CCCO1)N1CCCc2cccc(O)c21. The van der Waals surface area contributed by atoms with E-state index in [9.17, 15) is 9.90 Å². The summed E-state index contributed by atoms with van der Waals surface area (Å²) in [6.45, 7) is 1.45. The Kier molecular flexibility index (Phi) is 3.42. The summed E-state index contributed by atoms with van der Waals surface area (Å²) < 4.78 is 5.52. The van der Waals surface area contributed by atoms with Gasteiger partial charge in [0, 0.05) is 13.2 Å². The fourth-order valence-electron chi connectivity index (χ4n) is 2.99. The lowest BCUT2D eigenvalue weighted by atomic mass is 10.00. The molecule has 1 unspecified atom stereocenters. The summed E-state index contributed by atoms with van der Waals surface area (Å²) in [5.41, 5.74) is 1.77. The first-order chi connectivity index (χ1) is 9.25. The Morgan fingerprint density at radius 3 is 3.11 bits per heavy atom. The van der Waals surface area contributed by atoms with Gasteiger partial charge in [0.1, 0.15) is 5.75 Å². The van der Waals surface area contributed by atoms with Crippen molar-refractivity contribution in [3.05, 3.63) is 23.8 Å². The molecule has 1 aromatic carbocycles. The van der Waals surface area contributed by atoms with E-state index in [1.807, 2.05) is 12.1 Å². The third kappa shape index (κ3) is 2.45. The Morgan fingerprint density at radius 2 is 2.32 bits per heavy atom. The number of nitrogens with zero attached hydrogens (tertiary/aromatic N) is 1. The minimum absolute atomic E-state index is 0.0590. The normalized spacial score (nSPS) is 22.3. The number of anilines is 1. The lowest BCUT2D eigenvalue weighted by Crippen LogP contribution is -2.37. The summed E-state index contributed by atoms with van der Waals surface area (Å²) in [5.74, 6) is 0.271. The number of amides is 1. The highest BCUT2D eigenvalue weighted by atomic mass is 16.5. The van der Waals surface area contributed by atoms with Crippen molar-refractivity contribution in [1.82, 2.24) is 0 Å². The Balaban J connectivity index is 1.80. The second-order valence-corrected chi connectivity index (χ2v) is 5.27. The van der Waals surface area contributed by atoms with Crippen molar-refractivity contribution < 1.29 is 14.6 Å². The molecule has 2 heterocycles. The maximum atomic E-state index is 12.4. The predicted octanol–water partition coefficient (Wildman–Crippen LogP) is 2.24. The van der Waals surface area contributed by atoms with Crippen molar-refractivity contribution in [2.75, 3.05) is 18.1 Å². The molecule has 0 saturated carbocycles. The van der Waals surface area contributed by atoms with E-state index in [1.165, 1.54) is 0 Å². The molecule has 0 spiro atoms. The van der Waals surface area contributed by atoms with Crippen LogP contribution in [0.3, 0.4) is 0 Å². The molecule has 19 heavy (non-hydrogen) atoms. The zero-order valence-corrected chi connectivity index (χ0v) is 11.0. The predicted molar refractivity (Wildman–Crippen MR) is 72.4 cm³/mol. The van der Waals surface area contributed by atoms with Crippen molar-refractivity contribution >= 4 is 11.6 Å². The molecule has 2 aliphatic heterocycles. The number of ether oxygens (including phenoxy) is 1. The van der Waals surface area contributed by atoms with Gasteiger partial charge in [-0.25, -0.2) is 0 Å². The van der Waals surface area contributed by atoms with Crippen molar-refractivity contribution in [3.63, 3.8) is 0 Å². The number of fused-ring (bicyclic) bond motifs is 1. The topological polar surface area (TPSA) is 49.8 Å². The molecule has 1 aromatic rings. The maximum Gasteiger partial charge on any atom is 0.229 e. The Bertz CT molecular complexity index is 480. The molecule has 0 bridgehead atoms. The van der Waals surface area contributed by atoms with Crippen LogP contribution in [-0.4, -0.2) is 30.3 Å². The zero-order valence-electron chi connectivity index (χ0n) is 11.0. The van der Waals surface area contributed by atoms with Crippen LogP contribution in [0, 0.1) is 0 Å². The monoisotopic (exact) mass is 261 g/mol. The van der Waals surface area contributed by atoms with Crippen LogP contribution in [0.5, 0.6) is 5.75 Å². The van der Waals surface area contributed by atoms with Gasteiger partial charge in [-0.15, -0.1) is 0 Å². The molecule has 1 saturated heterocycles. The van der Waals surface area contributed by atoms with Crippen LogP contribution < -0.4 is 4.90 Å². The Labute approximate surface area is 113 Å².